The molecule has 1 atom stereocenters. The van der Waals surface area contributed by atoms with Crippen LogP contribution >= 0.6 is 11.6 Å². The molecule has 0 saturated carbocycles. The number of nitrogens with one attached hydrogen (secondary N) is 1. The van der Waals surface area contributed by atoms with Crippen molar-refractivity contribution >= 4 is 17.5 Å². The molecule has 0 fully saturated rings. The van der Waals surface area contributed by atoms with Gasteiger partial charge in [0.15, 0.2) is 0 Å². The van der Waals surface area contributed by atoms with Crippen molar-refractivity contribution in [2.75, 3.05) is 6.61 Å². The summed E-state index contributed by atoms with van der Waals surface area (Å²) in [6.45, 7) is 3.90. The fourth-order valence-corrected chi connectivity index (χ4v) is 1.90. The molecular weight excluding hydrogens is 254 g/mol. The topological polar surface area (TPSA) is 69.6 Å². The highest BCUT2D eigenvalue weighted by Gasteiger charge is 2.16. The van der Waals surface area contributed by atoms with Crippen molar-refractivity contribution in [1.29, 1.82) is 0 Å². The minimum atomic E-state index is -0.393. The Hall–Kier alpha value is -1.26. The number of aliphatic hydroxyl groups is 1. The largest absolute Gasteiger partial charge is 0.508 e. The molecule has 0 aliphatic carbocycles. The number of carbonyl (C=O) groups excluding carboxylic acids is 1. The summed E-state index contributed by atoms with van der Waals surface area (Å²) in [5.41, 5.74) is 0.207. The lowest BCUT2D eigenvalue weighted by Crippen LogP contribution is -2.38. The molecule has 0 spiro atoms. The summed E-state index contributed by atoms with van der Waals surface area (Å²) in [5.74, 6) is -0.0494. The van der Waals surface area contributed by atoms with Crippen molar-refractivity contribution in [1.82, 2.24) is 5.32 Å². The number of aromatic hydroxyl groups is 1. The number of halogens is 1. The van der Waals surface area contributed by atoms with Crippen LogP contribution in [-0.2, 0) is 0 Å². The second-order valence-corrected chi connectivity index (χ2v) is 5.05. The van der Waals surface area contributed by atoms with Gasteiger partial charge in [-0.15, -0.1) is 0 Å². The van der Waals surface area contributed by atoms with Gasteiger partial charge in [0.1, 0.15) is 5.75 Å². The summed E-state index contributed by atoms with van der Waals surface area (Å²) >= 11 is 5.89. The van der Waals surface area contributed by atoms with Gasteiger partial charge in [-0.1, -0.05) is 25.4 Å². The molecule has 0 saturated heterocycles. The van der Waals surface area contributed by atoms with Crippen molar-refractivity contribution in [2.45, 2.75) is 26.3 Å². The van der Waals surface area contributed by atoms with Crippen molar-refractivity contribution < 1.29 is 15.0 Å². The van der Waals surface area contributed by atoms with Gasteiger partial charge in [0.05, 0.1) is 23.2 Å². The summed E-state index contributed by atoms with van der Waals surface area (Å²) in [4.78, 5) is 12.0. The molecule has 0 aromatic heterocycles. The van der Waals surface area contributed by atoms with Crippen molar-refractivity contribution in [2.24, 2.45) is 5.92 Å². The number of carbonyl (C=O) groups is 1. The van der Waals surface area contributed by atoms with E-state index < -0.39 is 5.91 Å². The maximum absolute atomic E-state index is 12.0. The number of aliphatic hydroxyl groups excluding tert-OH is 1. The van der Waals surface area contributed by atoms with Crippen LogP contribution in [0.1, 0.15) is 30.6 Å². The maximum Gasteiger partial charge on any atom is 0.253 e. The van der Waals surface area contributed by atoms with Crippen LogP contribution in [-0.4, -0.2) is 28.8 Å². The Morgan fingerprint density at radius 2 is 2.11 bits per heavy atom. The summed E-state index contributed by atoms with van der Waals surface area (Å²) in [7, 11) is 0. The first kappa shape index (κ1) is 14.8. The molecule has 4 nitrogen and oxygen atoms in total. The maximum atomic E-state index is 12.0. The van der Waals surface area contributed by atoms with Crippen LogP contribution in [0.5, 0.6) is 5.75 Å². The zero-order valence-corrected chi connectivity index (χ0v) is 11.2. The van der Waals surface area contributed by atoms with Crippen LogP contribution in [0.3, 0.4) is 0 Å². The SMILES string of the molecule is CC(C)CC(CO)NC(=O)c1cc(O)ccc1Cl. The lowest BCUT2D eigenvalue weighted by Gasteiger charge is -2.18. The third kappa shape index (κ3) is 4.20. The molecule has 3 N–H and O–H groups in total. The van der Waals surface area contributed by atoms with E-state index in [0.29, 0.717) is 12.3 Å². The van der Waals surface area contributed by atoms with E-state index in [1.54, 1.807) is 0 Å². The number of hydrogen-bond donors (Lipinski definition) is 3. The van der Waals surface area contributed by atoms with Crippen LogP contribution in [0, 0.1) is 5.92 Å². The number of hydrogen-bond acceptors (Lipinski definition) is 3. The van der Waals surface area contributed by atoms with Gasteiger partial charge in [-0.25, -0.2) is 0 Å². The Labute approximate surface area is 112 Å². The average Bonchev–Trinajstić information content (AvgIpc) is 2.30. The number of rotatable bonds is 5. The van der Waals surface area contributed by atoms with Gasteiger partial charge in [-0.05, 0) is 30.5 Å². The number of benzene rings is 1. The van der Waals surface area contributed by atoms with Crippen molar-refractivity contribution in [3.05, 3.63) is 28.8 Å². The monoisotopic (exact) mass is 271 g/mol. The lowest BCUT2D eigenvalue weighted by atomic mass is 10.0. The van der Waals surface area contributed by atoms with Crippen LogP contribution in [0.4, 0.5) is 0 Å². The first-order valence-electron chi connectivity index (χ1n) is 5.84. The summed E-state index contributed by atoms with van der Waals surface area (Å²) in [5, 5.41) is 21.5. The van der Waals surface area contributed by atoms with E-state index in [0.717, 1.165) is 0 Å². The molecule has 1 amide bonds. The Balaban J connectivity index is 2.77. The van der Waals surface area contributed by atoms with Gasteiger partial charge in [0.25, 0.3) is 5.91 Å². The van der Waals surface area contributed by atoms with Crippen molar-refractivity contribution in [3.63, 3.8) is 0 Å². The summed E-state index contributed by atoms with van der Waals surface area (Å²) in [6, 6.07) is 3.87. The molecule has 5 heteroatoms. The van der Waals surface area contributed by atoms with Gasteiger partial charge in [0, 0.05) is 0 Å². The van der Waals surface area contributed by atoms with E-state index in [9.17, 15) is 15.0 Å². The van der Waals surface area contributed by atoms with E-state index in [4.69, 9.17) is 11.6 Å². The number of amides is 1. The number of phenols is 1. The van der Waals surface area contributed by atoms with E-state index in [1.165, 1.54) is 18.2 Å². The Morgan fingerprint density at radius 3 is 2.67 bits per heavy atom. The molecule has 1 aromatic rings. The molecule has 1 rings (SSSR count). The van der Waals surface area contributed by atoms with E-state index in [2.05, 4.69) is 5.32 Å². The Bertz CT molecular complexity index is 421. The fraction of sp³-hybridized carbons (Fsp3) is 0.462. The molecule has 0 aliphatic heterocycles. The van der Waals surface area contributed by atoms with E-state index >= 15 is 0 Å². The zero-order chi connectivity index (χ0) is 13.7. The summed E-state index contributed by atoms with van der Waals surface area (Å²) in [6.07, 6.45) is 0.679. The molecule has 0 aliphatic rings. The van der Waals surface area contributed by atoms with Gasteiger partial charge in [-0.3, -0.25) is 4.79 Å². The first-order valence-corrected chi connectivity index (χ1v) is 6.22. The van der Waals surface area contributed by atoms with Crippen LogP contribution in [0.2, 0.25) is 5.02 Å². The Kier molecular flexibility index (Phi) is 5.44. The van der Waals surface area contributed by atoms with Gasteiger partial charge >= 0.3 is 0 Å². The van der Waals surface area contributed by atoms with Crippen LogP contribution in [0.15, 0.2) is 18.2 Å². The molecule has 18 heavy (non-hydrogen) atoms. The highest BCUT2D eigenvalue weighted by molar-refractivity contribution is 6.33. The fourth-order valence-electron chi connectivity index (χ4n) is 1.70. The first-order chi connectivity index (χ1) is 8.43. The molecule has 100 valence electrons. The van der Waals surface area contributed by atoms with E-state index in [-0.39, 0.29) is 29.0 Å². The predicted molar refractivity (Wildman–Crippen MR) is 70.9 cm³/mol. The number of phenolic OH excluding ortho intramolecular Hbond substituents is 1. The van der Waals surface area contributed by atoms with Crippen molar-refractivity contribution in [3.8, 4) is 5.75 Å². The van der Waals surface area contributed by atoms with Gasteiger partial charge in [0.2, 0.25) is 0 Å². The van der Waals surface area contributed by atoms with Gasteiger partial charge < -0.3 is 15.5 Å². The van der Waals surface area contributed by atoms with Crippen LogP contribution < -0.4 is 5.32 Å². The molecular formula is C13H18ClNO3. The second kappa shape index (κ2) is 6.61. The highest BCUT2D eigenvalue weighted by atomic mass is 35.5. The molecule has 1 aromatic carbocycles. The zero-order valence-electron chi connectivity index (χ0n) is 10.5. The molecule has 0 bridgehead atoms. The minimum Gasteiger partial charge on any atom is -0.508 e. The third-order valence-corrected chi connectivity index (χ3v) is 2.84. The molecule has 0 heterocycles. The van der Waals surface area contributed by atoms with Crippen LogP contribution in [0.25, 0.3) is 0 Å². The Morgan fingerprint density at radius 1 is 1.44 bits per heavy atom. The molecule has 0 radical (unpaired) electrons. The second-order valence-electron chi connectivity index (χ2n) is 4.65. The lowest BCUT2D eigenvalue weighted by molar-refractivity contribution is 0.0908. The van der Waals surface area contributed by atoms with Gasteiger partial charge in [-0.2, -0.15) is 0 Å². The average molecular weight is 272 g/mol. The standard InChI is InChI=1S/C13H18ClNO3/c1-8(2)5-9(7-16)15-13(18)11-6-10(17)3-4-12(11)14/h3-4,6,8-9,16-17H,5,7H2,1-2H3,(H,15,18). The third-order valence-electron chi connectivity index (χ3n) is 2.51. The minimum absolute atomic E-state index is 0.0195. The predicted octanol–water partition coefficient (Wildman–Crippen LogP) is 2.18. The highest BCUT2D eigenvalue weighted by Crippen LogP contribution is 2.21. The molecule has 1 unspecified atom stereocenters. The summed E-state index contributed by atoms with van der Waals surface area (Å²) < 4.78 is 0. The van der Waals surface area contributed by atoms with E-state index in [1.807, 2.05) is 13.8 Å². The normalized spacial score (nSPS) is 12.5. The smallest absolute Gasteiger partial charge is 0.253 e. The quantitative estimate of drug-likeness (QED) is 0.769.